The van der Waals surface area contributed by atoms with E-state index in [1.165, 1.54) is 35.6 Å². The van der Waals surface area contributed by atoms with Crippen LogP contribution in [0.1, 0.15) is 35.7 Å². The molecule has 1 N–H and O–H groups in total. The van der Waals surface area contributed by atoms with Crippen molar-refractivity contribution < 1.29 is 22.3 Å². The number of hydrogen-bond donors (Lipinski definition) is 1. The molecule has 1 aliphatic rings. The maximum Gasteiger partial charge on any atom is 0.261 e. The molecule has 1 aliphatic heterocycles. The second-order valence-corrected chi connectivity index (χ2v) is 11.5. The lowest BCUT2D eigenvalue weighted by Crippen LogP contribution is -2.37. The number of carbonyl (C=O) groups excluding carboxylic acids is 1. The molecule has 1 amide bonds. The van der Waals surface area contributed by atoms with Gasteiger partial charge in [0.05, 0.1) is 27.8 Å². The first-order valence-corrected chi connectivity index (χ1v) is 14.3. The fraction of sp³-hybridized carbons (Fsp3) is 0.259. The average molecular weight is 540 g/mol. The van der Waals surface area contributed by atoms with E-state index >= 15 is 0 Å². The molecule has 1 fully saturated rings. The number of sulfonamides is 1. The zero-order chi connectivity index (χ0) is 26.0. The maximum absolute atomic E-state index is 13.7. The number of fused-ring (bicyclic) bond motifs is 1. The van der Waals surface area contributed by atoms with Crippen LogP contribution in [0.25, 0.3) is 10.2 Å². The van der Waals surface area contributed by atoms with E-state index in [2.05, 4.69) is 11.6 Å². The van der Waals surface area contributed by atoms with E-state index < -0.39 is 15.8 Å². The number of amides is 1. The van der Waals surface area contributed by atoms with Crippen molar-refractivity contribution in [3.8, 4) is 0 Å². The van der Waals surface area contributed by atoms with Gasteiger partial charge in [-0.15, -0.1) is 0 Å². The second kappa shape index (κ2) is 10.6. The summed E-state index contributed by atoms with van der Waals surface area (Å²) >= 11 is 1.47. The van der Waals surface area contributed by atoms with Gasteiger partial charge in [-0.25, -0.2) is 17.8 Å². The summed E-state index contributed by atoms with van der Waals surface area (Å²) in [5.41, 5.74) is 2.72. The molecule has 192 valence electrons. The molecule has 0 saturated carbocycles. The van der Waals surface area contributed by atoms with Crippen molar-refractivity contribution in [2.24, 2.45) is 0 Å². The standard InChI is InChI=1S/C27H26FN3O4S2/c1-2-18-5-3-7-24-25(18)29-27(36-24)31(17-22-6-4-16-35-22)26(32)19-8-12-21(13-9-19)30-37(33,34)23-14-10-20(28)11-15-23/h3,5,7-15,22,30H,2,4,6,16-17H2,1H3. The molecule has 10 heteroatoms. The van der Waals surface area contributed by atoms with Crippen molar-refractivity contribution in [1.29, 1.82) is 0 Å². The third-order valence-electron chi connectivity index (χ3n) is 6.27. The second-order valence-electron chi connectivity index (χ2n) is 8.80. The highest BCUT2D eigenvalue weighted by molar-refractivity contribution is 7.92. The minimum Gasteiger partial charge on any atom is -0.376 e. The van der Waals surface area contributed by atoms with Gasteiger partial charge < -0.3 is 4.74 Å². The molecule has 2 heterocycles. The van der Waals surface area contributed by atoms with Crippen LogP contribution in [0, 0.1) is 5.82 Å². The molecule has 1 aromatic heterocycles. The molecule has 1 saturated heterocycles. The lowest BCUT2D eigenvalue weighted by atomic mass is 10.1. The molecule has 0 bridgehead atoms. The zero-order valence-corrected chi connectivity index (χ0v) is 21.8. The summed E-state index contributed by atoms with van der Waals surface area (Å²) < 4.78 is 47.7. The van der Waals surface area contributed by atoms with Gasteiger partial charge in [0.1, 0.15) is 5.82 Å². The highest BCUT2D eigenvalue weighted by Gasteiger charge is 2.27. The van der Waals surface area contributed by atoms with E-state index in [0.29, 0.717) is 29.5 Å². The quantitative estimate of drug-likeness (QED) is 0.314. The van der Waals surface area contributed by atoms with Gasteiger partial charge in [0.15, 0.2) is 5.13 Å². The highest BCUT2D eigenvalue weighted by Crippen LogP contribution is 2.33. The van der Waals surface area contributed by atoms with E-state index in [1.807, 2.05) is 18.2 Å². The summed E-state index contributed by atoms with van der Waals surface area (Å²) in [7, 11) is -3.90. The van der Waals surface area contributed by atoms with Crippen molar-refractivity contribution in [3.05, 3.63) is 83.7 Å². The van der Waals surface area contributed by atoms with Crippen LogP contribution in [-0.2, 0) is 21.2 Å². The minimum absolute atomic E-state index is 0.0564. The lowest BCUT2D eigenvalue weighted by molar-refractivity contribution is 0.0917. The van der Waals surface area contributed by atoms with E-state index in [-0.39, 0.29) is 16.9 Å². The van der Waals surface area contributed by atoms with Crippen molar-refractivity contribution in [2.45, 2.75) is 37.2 Å². The number of halogens is 1. The number of hydrogen-bond acceptors (Lipinski definition) is 6. The minimum atomic E-state index is -3.90. The molecule has 1 atom stereocenters. The molecule has 3 aromatic carbocycles. The number of carbonyl (C=O) groups is 1. The Bertz CT molecular complexity index is 1510. The number of aryl methyl sites for hydroxylation is 1. The summed E-state index contributed by atoms with van der Waals surface area (Å²) in [6.07, 6.45) is 2.60. The summed E-state index contributed by atoms with van der Waals surface area (Å²) in [6.45, 7) is 3.14. The zero-order valence-electron chi connectivity index (χ0n) is 20.2. The Kier molecular flexibility index (Phi) is 7.23. The number of anilines is 2. The number of benzene rings is 3. The monoisotopic (exact) mass is 539 g/mol. The molecule has 1 unspecified atom stereocenters. The Hall–Kier alpha value is -3.34. The molecule has 37 heavy (non-hydrogen) atoms. The lowest BCUT2D eigenvalue weighted by Gasteiger charge is -2.23. The summed E-state index contributed by atoms with van der Waals surface area (Å²) in [5, 5.41) is 0.609. The molecule has 0 spiro atoms. The van der Waals surface area contributed by atoms with E-state index in [9.17, 15) is 17.6 Å². The third kappa shape index (κ3) is 5.51. The number of thiazole rings is 1. The molecular weight excluding hydrogens is 513 g/mol. The molecule has 4 aromatic rings. The van der Waals surface area contributed by atoms with Gasteiger partial charge in [-0.3, -0.25) is 14.4 Å². The van der Waals surface area contributed by atoms with Gasteiger partial charge in [0, 0.05) is 17.9 Å². The first-order valence-electron chi connectivity index (χ1n) is 12.0. The maximum atomic E-state index is 13.7. The number of para-hydroxylation sites is 1. The van der Waals surface area contributed by atoms with Gasteiger partial charge in [0.25, 0.3) is 15.9 Å². The molecule has 7 nitrogen and oxygen atoms in total. The molecule has 5 rings (SSSR count). The first kappa shape index (κ1) is 25.3. The normalized spacial score (nSPS) is 15.7. The predicted molar refractivity (Wildman–Crippen MR) is 143 cm³/mol. The van der Waals surface area contributed by atoms with Crippen LogP contribution in [0.2, 0.25) is 0 Å². The first-order chi connectivity index (χ1) is 17.8. The van der Waals surface area contributed by atoms with Crippen LogP contribution >= 0.6 is 11.3 Å². The molecular formula is C27H26FN3O4S2. The predicted octanol–water partition coefficient (Wildman–Crippen LogP) is 5.62. The van der Waals surface area contributed by atoms with Crippen LogP contribution < -0.4 is 9.62 Å². The fourth-order valence-corrected chi connectivity index (χ4v) is 6.38. The van der Waals surface area contributed by atoms with Gasteiger partial charge in [-0.2, -0.15) is 0 Å². The van der Waals surface area contributed by atoms with Gasteiger partial charge in [0.2, 0.25) is 0 Å². The van der Waals surface area contributed by atoms with Crippen LogP contribution in [0.15, 0.2) is 71.6 Å². The number of nitrogens with one attached hydrogen (secondary N) is 1. The van der Waals surface area contributed by atoms with Crippen LogP contribution in [0.5, 0.6) is 0 Å². The van der Waals surface area contributed by atoms with Crippen LogP contribution in [-0.4, -0.2) is 38.6 Å². The Morgan fingerprint density at radius 2 is 1.89 bits per heavy atom. The van der Waals surface area contributed by atoms with Crippen molar-refractivity contribution in [3.63, 3.8) is 0 Å². The van der Waals surface area contributed by atoms with Crippen molar-refractivity contribution >= 4 is 48.3 Å². The Balaban J connectivity index is 1.41. The van der Waals surface area contributed by atoms with Crippen LogP contribution in [0.4, 0.5) is 15.2 Å². The van der Waals surface area contributed by atoms with Crippen molar-refractivity contribution in [1.82, 2.24) is 4.98 Å². The summed E-state index contributed by atoms with van der Waals surface area (Å²) in [6, 6.07) is 16.8. The SMILES string of the molecule is CCc1cccc2sc(N(CC3CCCO3)C(=O)c3ccc(NS(=O)(=O)c4ccc(F)cc4)cc3)nc12. The number of nitrogens with zero attached hydrogens (tertiary/aromatic N) is 2. The Morgan fingerprint density at radius 1 is 1.14 bits per heavy atom. The van der Waals surface area contributed by atoms with E-state index in [4.69, 9.17) is 9.72 Å². The number of ether oxygens (including phenoxy) is 1. The average Bonchev–Trinajstić information content (AvgIpc) is 3.57. The van der Waals surface area contributed by atoms with Crippen molar-refractivity contribution in [2.75, 3.05) is 22.8 Å². The van der Waals surface area contributed by atoms with E-state index in [0.717, 1.165) is 47.2 Å². The smallest absolute Gasteiger partial charge is 0.261 e. The summed E-state index contributed by atoms with van der Waals surface area (Å²) in [4.78, 5) is 20.1. The molecule has 0 radical (unpaired) electrons. The number of aromatic nitrogens is 1. The third-order valence-corrected chi connectivity index (χ3v) is 8.71. The highest BCUT2D eigenvalue weighted by atomic mass is 32.2. The Labute approximate surface area is 219 Å². The fourth-order valence-electron chi connectivity index (χ4n) is 4.30. The van der Waals surface area contributed by atoms with Crippen LogP contribution in [0.3, 0.4) is 0 Å². The van der Waals surface area contributed by atoms with Gasteiger partial charge in [-0.1, -0.05) is 30.4 Å². The topological polar surface area (TPSA) is 88.6 Å². The van der Waals surface area contributed by atoms with Gasteiger partial charge in [-0.05, 0) is 79.4 Å². The summed E-state index contributed by atoms with van der Waals surface area (Å²) in [5.74, 6) is -0.756. The Morgan fingerprint density at radius 3 is 2.57 bits per heavy atom. The molecule has 0 aliphatic carbocycles. The largest absolute Gasteiger partial charge is 0.376 e. The van der Waals surface area contributed by atoms with E-state index in [1.54, 1.807) is 17.0 Å². The number of rotatable bonds is 8. The van der Waals surface area contributed by atoms with Gasteiger partial charge >= 0.3 is 0 Å².